The fourth-order valence-corrected chi connectivity index (χ4v) is 3.66. The molecule has 0 aromatic carbocycles. The first-order chi connectivity index (χ1) is 11.8. The van der Waals surface area contributed by atoms with Gasteiger partial charge in [-0.3, -0.25) is 4.79 Å². The highest BCUT2D eigenvalue weighted by Crippen LogP contribution is 2.21. The van der Waals surface area contributed by atoms with E-state index in [4.69, 9.17) is 0 Å². The maximum Gasteiger partial charge on any atom is 0.269 e. The van der Waals surface area contributed by atoms with Crippen LogP contribution in [0.4, 0.5) is 5.69 Å². The van der Waals surface area contributed by atoms with Gasteiger partial charge in [-0.1, -0.05) is 30.9 Å². The summed E-state index contributed by atoms with van der Waals surface area (Å²) in [6.07, 6.45) is 16.5. The van der Waals surface area contributed by atoms with E-state index in [0.29, 0.717) is 18.3 Å². The zero-order valence-electron chi connectivity index (χ0n) is 14.5. The lowest BCUT2D eigenvalue weighted by Crippen LogP contribution is -2.26. The van der Waals surface area contributed by atoms with Crippen LogP contribution in [-0.4, -0.2) is 23.5 Å². The minimum absolute atomic E-state index is 0.0735. The van der Waals surface area contributed by atoms with Crippen molar-refractivity contribution in [3.63, 3.8) is 0 Å². The van der Waals surface area contributed by atoms with Crippen molar-refractivity contribution in [3.8, 4) is 0 Å². The maximum atomic E-state index is 12.2. The molecule has 2 aliphatic carbocycles. The number of amides is 1. The molecular weight excluding hydrogens is 298 g/mol. The van der Waals surface area contributed by atoms with E-state index in [2.05, 4.69) is 21.7 Å². The number of carbonyl (C=O) groups is 1. The quantitative estimate of drug-likeness (QED) is 0.759. The Morgan fingerprint density at radius 2 is 2.00 bits per heavy atom. The van der Waals surface area contributed by atoms with Crippen LogP contribution < -0.4 is 10.6 Å². The number of nitrogens with one attached hydrogen (secondary N) is 2. The van der Waals surface area contributed by atoms with Crippen LogP contribution in [-0.2, 0) is 0 Å². The van der Waals surface area contributed by atoms with Crippen molar-refractivity contribution in [1.82, 2.24) is 10.3 Å². The highest BCUT2D eigenvalue weighted by Gasteiger charge is 2.13. The molecule has 0 bridgehead atoms. The predicted molar refractivity (Wildman–Crippen MR) is 98.2 cm³/mol. The van der Waals surface area contributed by atoms with Gasteiger partial charge in [0.1, 0.15) is 5.69 Å². The Morgan fingerprint density at radius 3 is 2.71 bits per heavy atom. The van der Waals surface area contributed by atoms with Crippen molar-refractivity contribution >= 4 is 11.6 Å². The third-order valence-electron chi connectivity index (χ3n) is 5.09. The number of aromatic nitrogens is 1. The van der Waals surface area contributed by atoms with Gasteiger partial charge in [-0.15, -0.1) is 0 Å². The van der Waals surface area contributed by atoms with Crippen molar-refractivity contribution < 1.29 is 4.79 Å². The van der Waals surface area contributed by atoms with E-state index in [1.807, 2.05) is 12.1 Å². The van der Waals surface area contributed by atoms with Crippen LogP contribution in [0.5, 0.6) is 0 Å². The summed E-state index contributed by atoms with van der Waals surface area (Å²) in [6.45, 7) is 0.703. The van der Waals surface area contributed by atoms with Crippen LogP contribution in [0.3, 0.4) is 0 Å². The lowest BCUT2D eigenvalue weighted by Gasteiger charge is -2.23. The summed E-state index contributed by atoms with van der Waals surface area (Å²) in [7, 11) is 0. The fourth-order valence-electron chi connectivity index (χ4n) is 3.66. The predicted octanol–water partition coefficient (Wildman–Crippen LogP) is 4.45. The second-order valence-corrected chi connectivity index (χ2v) is 7.03. The number of allylic oxidation sites excluding steroid dienone is 1. The number of hydrogen-bond acceptors (Lipinski definition) is 3. The highest BCUT2D eigenvalue weighted by molar-refractivity contribution is 5.92. The maximum absolute atomic E-state index is 12.2. The average Bonchev–Trinajstić information content (AvgIpc) is 2.64. The molecule has 0 unspecified atom stereocenters. The third kappa shape index (κ3) is 5.08. The molecule has 3 rings (SSSR count). The number of anilines is 1. The first-order valence-electron chi connectivity index (χ1n) is 9.50. The summed E-state index contributed by atoms with van der Waals surface area (Å²) in [5.41, 5.74) is 3.01. The lowest BCUT2D eigenvalue weighted by molar-refractivity contribution is 0.0949. The first kappa shape index (κ1) is 17.0. The van der Waals surface area contributed by atoms with Gasteiger partial charge in [0.05, 0.1) is 11.9 Å². The summed E-state index contributed by atoms with van der Waals surface area (Å²) in [5, 5.41) is 6.52. The molecule has 0 radical (unpaired) electrons. The van der Waals surface area contributed by atoms with Gasteiger partial charge in [-0.2, -0.15) is 0 Å². The van der Waals surface area contributed by atoms with Crippen LogP contribution in [0, 0.1) is 0 Å². The Hall–Kier alpha value is -1.84. The van der Waals surface area contributed by atoms with E-state index in [1.54, 1.807) is 6.20 Å². The molecule has 0 spiro atoms. The van der Waals surface area contributed by atoms with Crippen molar-refractivity contribution in [1.29, 1.82) is 0 Å². The van der Waals surface area contributed by atoms with E-state index in [-0.39, 0.29) is 5.91 Å². The smallest absolute Gasteiger partial charge is 0.269 e. The summed E-state index contributed by atoms with van der Waals surface area (Å²) >= 11 is 0. The SMILES string of the molecule is O=C(NCCC1=CCCCC1)c1ccc(NC2CCCCC2)cn1. The van der Waals surface area contributed by atoms with Gasteiger partial charge in [-0.25, -0.2) is 4.98 Å². The van der Waals surface area contributed by atoms with Crippen LogP contribution >= 0.6 is 0 Å². The molecule has 1 aromatic heterocycles. The molecule has 4 nitrogen and oxygen atoms in total. The Kier molecular flexibility index (Phi) is 6.27. The van der Waals surface area contributed by atoms with Crippen LogP contribution in [0.25, 0.3) is 0 Å². The normalized spacial score (nSPS) is 18.8. The van der Waals surface area contributed by atoms with Gasteiger partial charge in [-0.05, 0) is 57.1 Å². The van der Waals surface area contributed by atoms with Gasteiger partial charge < -0.3 is 10.6 Å². The summed E-state index contributed by atoms with van der Waals surface area (Å²) in [4.78, 5) is 16.5. The fraction of sp³-hybridized carbons (Fsp3) is 0.600. The van der Waals surface area contributed by atoms with Crippen LogP contribution in [0.1, 0.15) is 74.7 Å². The summed E-state index contributed by atoms with van der Waals surface area (Å²) in [5.74, 6) is -0.0735. The molecule has 1 fully saturated rings. The zero-order chi connectivity index (χ0) is 16.6. The summed E-state index contributed by atoms with van der Waals surface area (Å²) in [6, 6.07) is 4.35. The van der Waals surface area contributed by atoms with E-state index in [0.717, 1.165) is 12.1 Å². The molecule has 2 aliphatic rings. The Balaban J connectivity index is 1.43. The lowest BCUT2D eigenvalue weighted by atomic mass is 9.95. The van der Waals surface area contributed by atoms with Gasteiger partial charge >= 0.3 is 0 Å². The second-order valence-electron chi connectivity index (χ2n) is 7.03. The Morgan fingerprint density at radius 1 is 1.12 bits per heavy atom. The van der Waals surface area contributed by atoms with Gasteiger partial charge in [0.25, 0.3) is 5.91 Å². The number of pyridine rings is 1. The molecule has 1 heterocycles. The molecule has 1 aromatic rings. The molecule has 0 saturated heterocycles. The molecule has 4 heteroatoms. The minimum Gasteiger partial charge on any atom is -0.381 e. The Bertz CT molecular complexity index is 559. The van der Waals surface area contributed by atoms with E-state index in [1.165, 1.54) is 63.4 Å². The molecule has 130 valence electrons. The van der Waals surface area contributed by atoms with E-state index < -0.39 is 0 Å². The first-order valence-corrected chi connectivity index (χ1v) is 9.50. The average molecular weight is 327 g/mol. The van der Waals surface area contributed by atoms with Crippen molar-refractivity contribution in [2.75, 3.05) is 11.9 Å². The van der Waals surface area contributed by atoms with Crippen LogP contribution in [0.15, 0.2) is 30.0 Å². The molecule has 0 atom stereocenters. The number of hydrogen-bond donors (Lipinski definition) is 2. The highest BCUT2D eigenvalue weighted by atomic mass is 16.1. The number of carbonyl (C=O) groups excluding carboxylic acids is 1. The molecule has 1 saturated carbocycles. The standard InChI is InChI=1S/C20H29N3O/c24-20(21-14-13-16-7-3-1-4-8-16)19-12-11-18(15-22-19)23-17-9-5-2-6-10-17/h7,11-12,15,17,23H,1-6,8-10,13-14H2,(H,21,24). The molecular formula is C20H29N3O. The molecule has 1 amide bonds. The number of nitrogens with zero attached hydrogens (tertiary/aromatic N) is 1. The molecule has 2 N–H and O–H groups in total. The van der Waals surface area contributed by atoms with Crippen molar-refractivity contribution in [2.45, 2.75) is 70.3 Å². The minimum atomic E-state index is -0.0735. The molecule has 0 aliphatic heterocycles. The van der Waals surface area contributed by atoms with Crippen LogP contribution in [0.2, 0.25) is 0 Å². The van der Waals surface area contributed by atoms with E-state index >= 15 is 0 Å². The summed E-state index contributed by atoms with van der Waals surface area (Å²) < 4.78 is 0. The largest absolute Gasteiger partial charge is 0.381 e. The van der Waals surface area contributed by atoms with Crippen molar-refractivity contribution in [3.05, 3.63) is 35.7 Å². The van der Waals surface area contributed by atoms with Gasteiger partial charge in [0.15, 0.2) is 0 Å². The number of rotatable bonds is 6. The Labute approximate surface area is 145 Å². The van der Waals surface area contributed by atoms with Gasteiger partial charge in [0, 0.05) is 12.6 Å². The van der Waals surface area contributed by atoms with Gasteiger partial charge in [0.2, 0.25) is 0 Å². The second kappa shape index (κ2) is 8.86. The topological polar surface area (TPSA) is 54.0 Å². The van der Waals surface area contributed by atoms with Crippen molar-refractivity contribution in [2.24, 2.45) is 0 Å². The molecule has 24 heavy (non-hydrogen) atoms. The third-order valence-corrected chi connectivity index (χ3v) is 5.09. The van der Waals surface area contributed by atoms with E-state index in [9.17, 15) is 4.79 Å². The zero-order valence-corrected chi connectivity index (χ0v) is 14.5. The monoisotopic (exact) mass is 327 g/mol.